The van der Waals surface area contributed by atoms with Crippen LogP contribution in [0, 0.1) is 0 Å². The summed E-state index contributed by atoms with van der Waals surface area (Å²) in [5.74, 6) is -1.06. The average molecular weight is 355 g/mol. The number of carbonyl (C=O) groups excluding carboxylic acids is 1. The number of aromatic amines is 1. The number of benzene rings is 1. The van der Waals surface area contributed by atoms with Crippen LogP contribution in [0.25, 0.3) is 10.9 Å². The molecule has 0 unspecified atom stereocenters. The van der Waals surface area contributed by atoms with Crippen molar-refractivity contribution in [3.8, 4) is 0 Å². The minimum Gasteiger partial charge on any atom is -0.477 e. The van der Waals surface area contributed by atoms with Gasteiger partial charge in [-0.1, -0.05) is 0 Å². The Morgan fingerprint density at radius 1 is 1.33 bits per heavy atom. The molecule has 3 N–H and O–H groups in total. The topological polar surface area (TPSA) is 91.4 Å². The maximum absolute atomic E-state index is 11.7. The number of aromatic carboxylic acids is 1. The minimum atomic E-state index is -1.06. The Bertz CT molecular complexity index is 716. The molecule has 7 heteroatoms. The number of aromatic nitrogens is 1. The van der Waals surface area contributed by atoms with Crippen LogP contribution >= 0.6 is 15.9 Å². The van der Waals surface area contributed by atoms with Crippen molar-refractivity contribution in [3.05, 3.63) is 28.4 Å². The Balaban J connectivity index is 2.29. The molecule has 2 aromatic rings. The molecule has 0 spiro atoms. The number of anilines is 1. The molecule has 2 rings (SSSR count). The molecule has 1 aromatic carbocycles. The van der Waals surface area contributed by atoms with Gasteiger partial charge in [-0.05, 0) is 54.9 Å². The fraction of sp³-hybridized carbons (Fsp3) is 0.286. The Morgan fingerprint density at radius 2 is 2.00 bits per heavy atom. The summed E-state index contributed by atoms with van der Waals surface area (Å²) in [5.41, 5.74) is 0.668. The maximum Gasteiger partial charge on any atom is 0.412 e. The third kappa shape index (κ3) is 3.55. The molecule has 0 atom stereocenters. The Hall–Kier alpha value is -2.02. The van der Waals surface area contributed by atoms with E-state index >= 15 is 0 Å². The summed E-state index contributed by atoms with van der Waals surface area (Å²) in [6.45, 7) is 5.33. The summed E-state index contributed by atoms with van der Waals surface area (Å²) in [5, 5.41) is 12.3. The van der Waals surface area contributed by atoms with E-state index in [4.69, 9.17) is 9.84 Å². The summed E-state index contributed by atoms with van der Waals surface area (Å²) in [6.07, 6.45) is -0.563. The average Bonchev–Trinajstić information content (AvgIpc) is 2.64. The van der Waals surface area contributed by atoms with E-state index < -0.39 is 17.7 Å². The van der Waals surface area contributed by atoms with Crippen LogP contribution < -0.4 is 5.32 Å². The van der Waals surface area contributed by atoms with E-state index in [1.165, 1.54) is 0 Å². The summed E-state index contributed by atoms with van der Waals surface area (Å²) in [7, 11) is 0. The largest absolute Gasteiger partial charge is 0.477 e. The number of nitrogens with one attached hydrogen (secondary N) is 2. The van der Waals surface area contributed by atoms with Crippen molar-refractivity contribution in [2.75, 3.05) is 5.32 Å². The van der Waals surface area contributed by atoms with Gasteiger partial charge in [0.1, 0.15) is 11.3 Å². The fourth-order valence-electron chi connectivity index (χ4n) is 1.81. The molecule has 0 saturated heterocycles. The number of ether oxygens (including phenoxy) is 1. The Kier molecular flexibility index (Phi) is 3.95. The lowest BCUT2D eigenvalue weighted by atomic mass is 10.2. The third-order valence-electron chi connectivity index (χ3n) is 2.59. The molecule has 0 saturated carbocycles. The number of amides is 1. The normalized spacial score (nSPS) is 11.4. The van der Waals surface area contributed by atoms with Gasteiger partial charge in [-0.15, -0.1) is 0 Å². The fourth-order valence-corrected chi connectivity index (χ4v) is 2.40. The van der Waals surface area contributed by atoms with Crippen LogP contribution in [0.5, 0.6) is 0 Å². The highest BCUT2D eigenvalue weighted by molar-refractivity contribution is 9.10. The second-order valence-corrected chi connectivity index (χ2v) is 6.30. The summed E-state index contributed by atoms with van der Waals surface area (Å²) in [6, 6.07) is 5.03. The molecule has 0 bridgehead atoms. The summed E-state index contributed by atoms with van der Waals surface area (Å²) >= 11 is 3.25. The zero-order chi connectivity index (χ0) is 15.8. The smallest absolute Gasteiger partial charge is 0.412 e. The van der Waals surface area contributed by atoms with Crippen LogP contribution in [0.2, 0.25) is 0 Å². The number of carbonyl (C=O) groups is 2. The van der Waals surface area contributed by atoms with Crippen LogP contribution in [-0.2, 0) is 4.74 Å². The van der Waals surface area contributed by atoms with Crippen LogP contribution in [0.1, 0.15) is 31.3 Å². The first kappa shape index (κ1) is 15.4. The van der Waals surface area contributed by atoms with E-state index in [-0.39, 0.29) is 5.69 Å². The van der Waals surface area contributed by atoms with Gasteiger partial charge < -0.3 is 14.8 Å². The monoisotopic (exact) mass is 354 g/mol. The minimum absolute atomic E-state index is 0.0689. The van der Waals surface area contributed by atoms with Gasteiger partial charge in [-0.2, -0.15) is 0 Å². The van der Waals surface area contributed by atoms with E-state index in [1.807, 2.05) is 0 Å². The predicted molar refractivity (Wildman–Crippen MR) is 82.8 cm³/mol. The molecule has 1 heterocycles. The van der Waals surface area contributed by atoms with Crippen molar-refractivity contribution in [1.29, 1.82) is 0 Å². The molecular formula is C14H15BrN2O4. The molecule has 0 radical (unpaired) electrons. The molecule has 21 heavy (non-hydrogen) atoms. The second-order valence-electron chi connectivity index (χ2n) is 5.51. The van der Waals surface area contributed by atoms with Gasteiger partial charge in [0, 0.05) is 16.6 Å². The van der Waals surface area contributed by atoms with E-state index in [9.17, 15) is 9.59 Å². The molecular weight excluding hydrogens is 340 g/mol. The van der Waals surface area contributed by atoms with E-state index in [2.05, 4.69) is 26.2 Å². The quantitative estimate of drug-likeness (QED) is 0.760. The lowest BCUT2D eigenvalue weighted by Gasteiger charge is -2.19. The second kappa shape index (κ2) is 5.40. The van der Waals surface area contributed by atoms with Crippen molar-refractivity contribution in [2.24, 2.45) is 0 Å². The zero-order valence-corrected chi connectivity index (χ0v) is 13.4. The van der Waals surface area contributed by atoms with Crippen molar-refractivity contribution < 1.29 is 19.4 Å². The Labute approximate surface area is 129 Å². The van der Waals surface area contributed by atoms with Gasteiger partial charge in [-0.3, -0.25) is 5.32 Å². The summed E-state index contributed by atoms with van der Waals surface area (Å²) in [4.78, 5) is 25.6. The molecule has 0 aliphatic heterocycles. The summed E-state index contributed by atoms with van der Waals surface area (Å²) < 4.78 is 5.61. The highest BCUT2D eigenvalue weighted by Gasteiger charge is 2.18. The van der Waals surface area contributed by atoms with Crippen molar-refractivity contribution in [1.82, 2.24) is 4.98 Å². The number of halogens is 1. The van der Waals surface area contributed by atoms with Gasteiger partial charge >= 0.3 is 12.1 Å². The number of fused-ring (bicyclic) bond motifs is 1. The molecule has 0 aliphatic rings. The molecule has 1 amide bonds. The third-order valence-corrected chi connectivity index (χ3v) is 3.42. The van der Waals surface area contributed by atoms with Gasteiger partial charge in [0.2, 0.25) is 0 Å². The van der Waals surface area contributed by atoms with Gasteiger partial charge in [0.25, 0.3) is 0 Å². The molecule has 1 aromatic heterocycles. The van der Waals surface area contributed by atoms with Gasteiger partial charge in [0.15, 0.2) is 0 Å². The first-order chi connectivity index (χ1) is 9.67. The standard InChI is InChI=1S/C14H15BrN2O4/c1-14(2,3)21-13(20)16-7-4-5-9-8(6-7)10(15)11(17-9)12(18)19/h4-6,17H,1-3H3,(H,16,20)(H,18,19). The predicted octanol–water partition coefficient (Wildman–Crippen LogP) is 3.98. The van der Waals surface area contributed by atoms with E-state index in [0.717, 1.165) is 0 Å². The molecule has 112 valence electrons. The van der Waals surface area contributed by atoms with Crippen molar-refractivity contribution in [2.45, 2.75) is 26.4 Å². The molecule has 0 fully saturated rings. The van der Waals surface area contributed by atoms with Gasteiger partial charge in [-0.25, -0.2) is 9.59 Å². The molecule has 6 nitrogen and oxygen atoms in total. The lowest BCUT2D eigenvalue weighted by Crippen LogP contribution is -2.27. The lowest BCUT2D eigenvalue weighted by molar-refractivity contribution is 0.0634. The number of rotatable bonds is 2. The maximum atomic E-state index is 11.7. The van der Waals surface area contributed by atoms with Gasteiger partial charge in [0.05, 0.1) is 4.47 Å². The number of hydrogen-bond donors (Lipinski definition) is 3. The number of carboxylic acids is 1. The first-order valence-electron chi connectivity index (χ1n) is 6.22. The van der Waals surface area contributed by atoms with E-state index in [0.29, 0.717) is 21.1 Å². The van der Waals surface area contributed by atoms with E-state index in [1.54, 1.807) is 39.0 Å². The van der Waals surface area contributed by atoms with Crippen LogP contribution in [0.4, 0.5) is 10.5 Å². The highest BCUT2D eigenvalue weighted by Crippen LogP contribution is 2.30. The SMILES string of the molecule is CC(C)(C)OC(=O)Nc1ccc2[nH]c(C(=O)O)c(Br)c2c1. The molecule has 0 aliphatic carbocycles. The van der Waals surface area contributed by atoms with Crippen molar-refractivity contribution in [3.63, 3.8) is 0 Å². The van der Waals surface area contributed by atoms with Crippen LogP contribution in [0.3, 0.4) is 0 Å². The van der Waals surface area contributed by atoms with Crippen LogP contribution in [-0.4, -0.2) is 27.8 Å². The highest BCUT2D eigenvalue weighted by atomic mass is 79.9. The zero-order valence-electron chi connectivity index (χ0n) is 11.8. The Morgan fingerprint density at radius 3 is 2.57 bits per heavy atom. The van der Waals surface area contributed by atoms with Crippen LogP contribution in [0.15, 0.2) is 22.7 Å². The van der Waals surface area contributed by atoms with Crippen molar-refractivity contribution >= 4 is 44.6 Å². The number of carboxylic acid groups (broad SMARTS) is 1. The number of H-pyrrole nitrogens is 1. The first-order valence-corrected chi connectivity index (χ1v) is 7.01. The number of hydrogen-bond acceptors (Lipinski definition) is 3.